The summed E-state index contributed by atoms with van der Waals surface area (Å²) in [5.41, 5.74) is 4.40. The quantitative estimate of drug-likeness (QED) is 0.618. The van der Waals surface area contributed by atoms with Crippen LogP contribution in [0, 0.1) is 13.8 Å². The van der Waals surface area contributed by atoms with E-state index in [1.54, 1.807) is 4.68 Å². The van der Waals surface area contributed by atoms with Gasteiger partial charge in [0, 0.05) is 6.54 Å². The number of thioether (sulfide) groups is 1. The van der Waals surface area contributed by atoms with Crippen molar-refractivity contribution in [2.45, 2.75) is 44.0 Å². The van der Waals surface area contributed by atoms with Gasteiger partial charge >= 0.3 is 0 Å². The van der Waals surface area contributed by atoms with Crippen molar-refractivity contribution >= 4 is 17.7 Å². The third-order valence-corrected chi connectivity index (χ3v) is 5.66. The lowest BCUT2D eigenvalue weighted by Gasteiger charge is -2.16. The first kappa shape index (κ1) is 20.1. The summed E-state index contributed by atoms with van der Waals surface area (Å²) in [6.07, 6.45) is 0. The first-order valence-electron chi connectivity index (χ1n) is 9.31. The van der Waals surface area contributed by atoms with Gasteiger partial charge in [0.1, 0.15) is 0 Å². The molecule has 6 nitrogen and oxygen atoms in total. The smallest absolute Gasteiger partial charge is 0.233 e. The van der Waals surface area contributed by atoms with E-state index in [0.29, 0.717) is 11.7 Å². The number of aromatic nitrogens is 4. The molecule has 146 valence electrons. The largest absolute Gasteiger partial charge is 0.355 e. The van der Waals surface area contributed by atoms with Crippen molar-refractivity contribution in [1.29, 1.82) is 0 Å². The highest BCUT2D eigenvalue weighted by Gasteiger charge is 2.20. The van der Waals surface area contributed by atoms with Gasteiger partial charge in [-0.05, 0) is 54.3 Å². The predicted molar refractivity (Wildman–Crippen MR) is 112 cm³/mol. The second-order valence-corrected chi connectivity index (χ2v) is 8.29. The number of nitrogens with zero attached hydrogens (tertiary/aromatic N) is 4. The summed E-state index contributed by atoms with van der Waals surface area (Å²) in [6, 6.07) is 16.3. The molecular weight excluding hydrogens is 370 g/mol. The summed E-state index contributed by atoms with van der Waals surface area (Å²) in [4.78, 5) is 12.6. The van der Waals surface area contributed by atoms with E-state index in [2.05, 4.69) is 52.9 Å². The number of tetrazole rings is 1. The molecule has 3 rings (SSSR count). The molecule has 0 radical (unpaired) electrons. The Morgan fingerprint density at radius 3 is 2.61 bits per heavy atom. The average molecular weight is 396 g/mol. The maximum absolute atomic E-state index is 12.6. The topological polar surface area (TPSA) is 72.7 Å². The Labute approximate surface area is 169 Å². The molecule has 2 aromatic carbocycles. The number of rotatable bonds is 7. The summed E-state index contributed by atoms with van der Waals surface area (Å²) in [7, 11) is 0. The molecule has 0 bridgehead atoms. The van der Waals surface area contributed by atoms with Crippen LogP contribution in [0.5, 0.6) is 0 Å². The van der Waals surface area contributed by atoms with E-state index in [1.165, 1.54) is 22.9 Å². The van der Waals surface area contributed by atoms with Crippen LogP contribution in [0.1, 0.15) is 36.5 Å². The molecule has 28 heavy (non-hydrogen) atoms. The molecule has 0 aliphatic rings. The standard InChI is InChI=1S/C21H25N5OS/c1-14-10-11-19(15(2)12-14)26-21(23-24-25-26)28-17(4)20(27)22-13-16(3)18-8-6-5-7-9-18/h5-12,16-17H,13H2,1-4H3,(H,22,27). The van der Waals surface area contributed by atoms with Crippen LogP contribution < -0.4 is 5.32 Å². The van der Waals surface area contributed by atoms with Crippen LogP contribution in [0.3, 0.4) is 0 Å². The highest BCUT2D eigenvalue weighted by Crippen LogP contribution is 2.25. The van der Waals surface area contributed by atoms with Crippen LogP contribution in [0.25, 0.3) is 5.69 Å². The minimum atomic E-state index is -0.307. The maximum Gasteiger partial charge on any atom is 0.233 e. The Morgan fingerprint density at radius 2 is 1.89 bits per heavy atom. The van der Waals surface area contributed by atoms with Crippen molar-refractivity contribution in [3.8, 4) is 5.69 Å². The van der Waals surface area contributed by atoms with Gasteiger partial charge in [0.15, 0.2) is 0 Å². The fraction of sp³-hybridized carbons (Fsp3) is 0.333. The molecule has 7 heteroatoms. The molecular formula is C21H25N5OS. The zero-order chi connectivity index (χ0) is 20.1. The molecule has 1 N–H and O–H groups in total. The predicted octanol–water partition coefficient (Wildman–Crippen LogP) is 3.68. The molecule has 1 heterocycles. The Morgan fingerprint density at radius 1 is 1.14 bits per heavy atom. The average Bonchev–Trinajstić information content (AvgIpc) is 3.14. The molecule has 0 aliphatic carbocycles. The monoisotopic (exact) mass is 395 g/mol. The normalized spacial score (nSPS) is 13.1. The van der Waals surface area contributed by atoms with E-state index in [9.17, 15) is 4.79 Å². The lowest BCUT2D eigenvalue weighted by Crippen LogP contribution is -2.33. The first-order valence-corrected chi connectivity index (χ1v) is 10.2. The van der Waals surface area contributed by atoms with Crippen molar-refractivity contribution < 1.29 is 4.79 Å². The number of aryl methyl sites for hydroxylation is 2. The summed E-state index contributed by atoms with van der Waals surface area (Å²) < 4.78 is 1.69. The minimum Gasteiger partial charge on any atom is -0.355 e. The lowest BCUT2D eigenvalue weighted by atomic mass is 10.0. The van der Waals surface area contributed by atoms with E-state index < -0.39 is 0 Å². The van der Waals surface area contributed by atoms with Gasteiger partial charge in [-0.15, -0.1) is 5.10 Å². The van der Waals surface area contributed by atoms with Crippen LogP contribution in [0.15, 0.2) is 53.7 Å². The highest BCUT2D eigenvalue weighted by atomic mass is 32.2. The fourth-order valence-electron chi connectivity index (χ4n) is 2.96. The Hall–Kier alpha value is -2.67. The molecule has 1 amide bonds. The molecule has 0 fully saturated rings. The van der Waals surface area contributed by atoms with Crippen LogP contribution in [-0.2, 0) is 4.79 Å². The van der Waals surface area contributed by atoms with Crippen LogP contribution >= 0.6 is 11.8 Å². The molecule has 2 unspecified atom stereocenters. The van der Waals surface area contributed by atoms with Gasteiger partial charge in [-0.1, -0.05) is 66.7 Å². The van der Waals surface area contributed by atoms with Gasteiger partial charge in [0.25, 0.3) is 0 Å². The SMILES string of the molecule is Cc1ccc(-n2nnnc2SC(C)C(=O)NCC(C)c2ccccc2)c(C)c1. The molecule has 0 saturated heterocycles. The third kappa shape index (κ3) is 4.78. The van der Waals surface area contributed by atoms with Crippen molar-refractivity contribution in [2.24, 2.45) is 0 Å². The Kier molecular flexibility index (Phi) is 6.46. The van der Waals surface area contributed by atoms with Gasteiger partial charge in [-0.2, -0.15) is 4.68 Å². The molecule has 0 saturated carbocycles. The minimum absolute atomic E-state index is 0.0250. The number of carbonyl (C=O) groups excluding carboxylic acids is 1. The van der Waals surface area contributed by atoms with Crippen molar-refractivity contribution in [3.63, 3.8) is 0 Å². The third-order valence-electron chi connectivity index (χ3n) is 4.62. The Bertz CT molecular complexity index is 941. The number of benzene rings is 2. The van der Waals surface area contributed by atoms with Crippen LogP contribution in [0.4, 0.5) is 0 Å². The van der Waals surface area contributed by atoms with Gasteiger partial charge in [-0.25, -0.2) is 0 Å². The van der Waals surface area contributed by atoms with Gasteiger partial charge < -0.3 is 5.32 Å². The van der Waals surface area contributed by atoms with Gasteiger partial charge in [-0.3, -0.25) is 4.79 Å². The maximum atomic E-state index is 12.6. The molecule has 0 spiro atoms. The second kappa shape index (κ2) is 9.01. The summed E-state index contributed by atoms with van der Waals surface area (Å²) in [6.45, 7) is 8.65. The summed E-state index contributed by atoms with van der Waals surface area (Å²) >= 11 is 1.35. The number of carbonyl (C=O) groups is 1. The van der Waals surface area contributed by atoms with Crippen molar-refractivity contribution in [3.05, 3.63) is 65.2 Å². The number of nitrogens with one attached hydrogen (secondary N) is 1. The van der Waals surface area contributed by atoms with Gasteiger partial charge in [0.05, 0.1) is 10.9 Å². The summed E-state index contributed by atoms with van der Waals surface area (Å²) in [5.74, 6) is 0.228. The zero-order valence-corrected chi connectivity index (χ0v) is 17.4. The Balaban J connectivity index is 1.63. The van der Waals surface area contributed by atoms with E-state index in [1.807, 2.05) is 44.2 Å². The first-order chi connectivity index (χ1) is 13.5. The number of hydrogen-bond donors (Lipinski definition) is 1. The number of hydrogen-bond acceptors (Lipinski definition) is 5. The molecule has 1 aromatic heterocycles. The fourth-order valence-corrected chi connectivity index (χ4v) is 3.78. The molecule has 3 aromatic rings. The van der Waals surface area contributed by atoms with Crippen molar-refractivity contribution in [2.75, 3.05) is 6.54 Å². The van der Waals surface area contributed by atoms with E-state index in [0.717, 1.165) is 11.3 Å². The van der Waals surface area contributed by atoms with Crippen molar-refractivity contribution in [1.82, 2.24) is 25.5 Å². The van der Waals surface area contributed by atoms with E-state index >= 15 is 0 Å². The molecule has 2 atom stereocenters. The summed E-state index contributed by atoms with van der Waals surface area (Å²) in [5, 5.41) is 15.3. The molecule has 0 aliphatic heterocycles. The van der Waals surface area contributed by atoms with E-state index in [-0.39, 0.29) is 17.1 Å². The van der Waals surface area contributed by atoms with Gasteiger partial charge in [0.2, 0.25) is 11.1 Å². The van der Waals surface area contributed by atoms with E-state index in [4.69, 9.17) is 0 Å². The zero-order valence-electron chi connectivity index (χ0n) is 16.6. The number of amides is 1. The highest BCUT2D eigenvalue weighted by molar-refractivity contribution is 8.00. The lowest BCUT2D eigenvalue weighted by molar-refractivity contribution is -0.120. The van der Waals surface area contributed by atoms with Crippen LogP contribution in [0.2, 0.25) is 0 Å². The second-order valence-electron chi connectivity index (χ2n) is 6.98. The van der Waals surface area contributed by atoms with Crippen LogP contribution in [-0.4, -0.2) is 37.9 Å².